The first-order valence-corrected chi connectivity index (χ1v) is 4.95. The Morgan fingerprint density at radius 1 is 1.33 bits per heavy atom. The molecule has 2 heterocycles. The molecule has 0 spiro atoms. The molecule has 2 N–H and O–H groups in total. The van der Waals surface area contributed by atoms with Crippen LogP contribution in [0.3, 0.4) is 0 Å². The van der Waals surface area contributed by atoms with Crippen molar-refractivity contribution in [2.75, 3.05) is 5.73 Å². The van der Waals surface area contributed by atoms with E-state index in [1.54, 1.807) is 10.9 Å². The Hall–Kier alpha value is -1.84. The van der Waals surface area contributed by atoms with Gasteiger partial charge in [-0.1, -0.05) is 19.9 Å². The maximum atomic E-state index is 5.87. The van der Waals surface area contributed by atoms with Gasteiger partial charge in [0.2, 0.25) is 0 Å². The van der Waals surface area contributed by atoms with Gasteiger partial charge < -0.3 is 5.73 Å². The zero-order valence-electron chi connectivity index (χ0n) is 8.88. The maximum Gasteiger partial charge on any atom is 0.155 e. The van der Waals surface area contributed by atoms with Crippen LogP contribution in [-0.4, -0.2) is 14.8 Å². The summed E-state index contributed by atoms with van der Waals surface area (Å²) in [6.45, 7) is 4.18. The molecule has 2 aromatic rings. The van der Waals surface area contributed by atoms with E-state index >= 15 is 0 Å². The lowest BCUT2D eigenvalue weighted by molar-refractivity contribution is 0.761. The first-order chi connectivity index (χ1) is 7.18. The molecule has 0 unspecified atom stereocenters. The summed E-state index contributed by atoms with van der Waals surface area (Å²) >= 11 is 0. The van der Waals surface area contributed by atoms with Gasteiger partial charge in [-0.3, -0.25) is 0 Å². The molecule has 78 valence electrons. The molecular weight excluding hydrogens is 188 g/mol. The van der Waals surface area contributed by atoms with E-state index in [1.807, 2.05) is 24.3 Å². The number of nitrogens with two attached hydrogens (primary N) is 1. The van der Waals surface area contributed by atoms with Crippen LogP contribution in [0.2, 0.25) is 0 Å². The van der Waals surface area contributed by atoms with Gasteiger partial charge in [-0.25, -0.2) is 4.98 Å². The van der Waals surface area contributed by atoms with Gasteiger partial charge in [0.1, 0.15) is 5.82 Å². The van der Waals surface area contributed by atoms with E-state index in [9.17, 15) is 0 Å². The van der Waals surface area contributed by atoms with E-state index < -0.39 is 0 Å². The van der Waals surface area contributed by atoms with E-state index in [4.69, 9.17) is 5.73 Å². The van der Waals surface area contributed by atoms with Gasteiger partial charge in [0.05, 0.1) is 5.69 Å². The number of rotatable bonds is 2. The number of nitrogens with zero attached hydrogens (tertiary/aromatic N) is 3. The van der Waals surface area contributed by atoms with Crippen LogP contribution in [0.25, 0.3) is 5.82 Å². The second-order valence-electron chi connectivity index (χ2n) is 3.75. The third-order valence-electron chi connectivity index (χ3n) is 2.21. The topological polar surface area (TPSA) is 56.7 Å². The lowest BCUT2D eigenvalue weighted by Crippen LogP contribution is -2.03. The van der Waals surface area contributed by atoms with E-state index in [-0.39, 0.29) is 0 Å². The number of anilines is 1. The number of pyridine rings is 1. The van der Waals surface area contributed by atoms with Gasteiger partial charge in [-0.05, 0) is 18.1 Å². The van der Waals surface area contributed by atoms with Crippen LogP contribution in [0.5, 0.6) is 0 Å². The van der Waals surface area contributed by atoms with E-state index in [0.717, 1.165) is 11.5 Å². The summed E-state index contributed by atoms with van der Waals surface area (Å²) in [5, 5.41) is 4.41. The van der Waals surface area contributed by atoms with Crippen molar-refractivity contribution in [3.63, 3.8) is 0 Å². The maximum absolute atomic E-state index is 5.87. The van der Waals surface area contributed by atoms with E-state index in [1.165, 1.54) is 0 Å². The lowest BCUT2D eigenvalue weighted by atomic mass is 10.1. The fraction of sp³-hybridized carbons (Fsp3) is 0.273. The van der Waals surface area contributed by atoms with E-state index in [0.29, 0.717) is 11.7 Å². The summed E-state index contributed by atoms with van der Waals surface area (Å²) in [6.07, 6.45) is 1.73. The normalized spacial score (nSPS) is 10.9. The second-order valence-corrected chi connectivity index (χ2v) is 3.75. The minimum Gasteiger partial charge on any atom is -0.384 e. The molecule has 0 fully saturated rings. The average molecular weight is 202 g/mol. The SMILES string of the molecule is CC(C)c1cc(N)n(-c2ccccn2)n1. The van der Waals surface area contributed by atoms with Crippen LogP contribution in [0.1, 0.15) is 25.5 Å². The van der Waals surface area contributed by atoms with Gasteiger partial charge in [0.25, 0.3) is 0 Å². The first kappa shape index (κ1) is 9.71. The third-order valence-corrected chi connectivity index (χ3v) is 2.21. The largest absolute Gasteiger partial charge is 0.384 e. The van der Waals surface area contributed by atoms with Gasteiger partial charge in [0, 0.05) is 12.3 Å². The monoisotopic (exact) mass is 202 g/mol. The lowest BCUT2D eigenvalue weighted by Gasteiger charge is -2.01. The third kappa shape index (κ3) is 1.83. The fourth-order valence-corrected chi connectivity index (χ4v) is 1.36. The average Bonchev–Trinajstić information content (AvgIpc) is 2.62. The van der Waals surface area contributed by atoms with Crippen molar-refractivity contribution in [2.24, 2.45) is 0 Å². The molecule has 0 radical (unpaired) electrons. The summed E-state index contributed by atoms with van der Waals surface area (Å²) in [6, 6.07) is 7.55. The molecule has 0 aliphatic carbocycles. The smallest absolute Gasteiger partial charge is 0.155 e. The predicted molar refractivity (Wildman–Crippen MR) is 59.9 cm³/mol. The molecule has 0 aromatic carbocycles. The molecule has 0 aliphatic heterocycles. The Morgan fingerprint density at radius 2 is 2.13 bits per heavy atom. The van der Waals surface area contributed by atoms with Gasteiger partial charge in [-0.15, -0.1) is 0 Å². The summed E-state index contributed by atoms with van der Waals surface area (Å²) in [5.74, 6) is 1.75. The van der Waals surface area contributed by atoms with Crippen LogP contribution in [-0.2, 0) is 0 Å². The van der Waals surface area contributed by atoms with Crippen molar-refractivity contribution in [1.82, 2.24) is 14.8 Å². The Balaban J connectivity index is 2.45. The molecule has 0 saturated heterocycles. The zero-order chi connectivity index (χ0) is 10.8. The molecule has 4 heteroatoms. The van der Waals surface area contributed by atoms with Crippen molar-refractivity contribution < 1.29 is 0 Å². The fourth-order valence-electron chi connectivity index (χ4n) is 1.36. The molecular formula is C11H14N4. The predicted octanol–water partition coefficient (Wildman–Crippen LogP) is 1.97. The first-order valence-electron chi connectivity index (χ1n) is 4.95. The Labute approximate surface area is 88.8 Å². The summed E-state index contributed by atoms with van der Waals surface area (Å²) in [5.41, 5.74) is 6.86. The Bertz CT molecular complexity index is 445. The highest BCUT2D eigenvalue weighted by atomic mass is 15.3. The summed E-state index contributed by atoms with van der Waals surface area (Å²) in [7, 11) is 0. The van der Waals surface area contributed by atoms with Crippen molar-refractivity contribution in [3.8, 4) is 5.82 Å². The molecule has 15 heavy (non-hydrogen) atoms. The Kier molecular flexibility index (Phi) is 2.41. The minimum atomic E-state index is 0.372. The van der Waals surface area contributed by atoms with Gasteiger partial charge in [0.15, 0.2) is 5.82 Å². The van der Waals surface area contributed by atoms with Crippen LogP contribution in [0.4, 0.5) is 5.82 Å². The Morgan fingerprint density at radius 3 is 2.67 bits per heavy atom. The van der Waals surface area contributed by atoms with Crippen molar-refractivity contribution in [1.29, 1.82) is 0 Å². The quantitative estimate of drug-likeness (QED) is 0.810. The van der Waals surface area contributed by atoms with Gasteiger partial charge in [-0.2, -0.15) is 9.78 Å². The molecule has 2 aromatic heterocycles. The highest BCUT2D eigenvalue weighted by Crippen LogP contribution is 2.18. The minimum absolute atomic E-state index is 0.372. The highest BCUT2D eigenvalue weighted by molar-refractivity contribution is 5.39. The number of nitrogen functional groups attached to an aromatic ring is 1. The number of hydrogen-bond donors (Lipinski definition) is 1. The second kappa shape index (κ2) is 3.73. The molecule has 0 bridgehead atoms. The van der Waals surface area contributed by atoms with Crippen LogP contribution in [0.15, 0.2) is 30.5 Å². The summed E-state index contributed by atoms with van der Waals surface area (Å²) in [4.78, 5) is 4.20. The molecule has 4 nitrogen and oxygen atoms in total. The number of hydrogen-bond acceptors (Lipinski definition) is 3. The summed E-state index contributed by atoms with van der Waals surface area (Å²) < 4.78 is 1.66. The van der Waals surface area contributed by atoms with Gasteiger partial charge >= 0.3 is 0 Å². The van der Waals surface area contributed by atoms with Crippen molar-refractivity contribution >= 4 is 5.82 Å². The molecule has 0 atom stereocenters. The van der Waals surface area contributed by atoms with Crippen LogP contribution < -0.4 is 5.73 Å². The number of aromatic nitrogens is 3. The molecule has 0 saturated carbocycles. The molecule has 0 amide bonds. The van der Waals surface area contributed by atoms with Crippen molar-refractivity contribution in [3.05, 3.63) is 36.2 Å². The van der Waals surface area contributed by atoms with E-state index in [2.05, 4.69) is 23.9 Å². The standard InChI is InChI=1S/C11H14N4/c1-8(2)9-7-10(12)15(14-9)11-5-3-4-6-13-11/h3-8H,12H2,1-2H3. The highest BCUT2D eigenvalue weighted by Gasteiger charge is 2.09. The van der Waals surface area contributed by atoms with Crippen LogP contribution >= 0.6 is 0 Å². The zero-order valence-corrected chi connectivity index (χ0v) is 8.88. The molecule has 2 rings (SSSR count). The van der Waals surface area contributed by atoms with Crippen molar-refractivity contribution in [2.45, 2.75) is 19.8 Å². The van der Waals surface area contributed by atoms with Crippen LogP contribution in [0, 0.1) is 0 Å². The molecule has 0 aliphatic rings.